The maximum Gasteiger partial charge on any atom is 0.233 e. The Hall–Kier alpha value is -0.610. The summed E-state index contributed by atoms with van der Waals surface area (Å²) in [6.45, 7) is 7.12. The van der Waals surface area contributed by atoms with E-state index >= 15 is 0 Å². The summed E-state index contributed by atoms with van der Waals surface area (Å²) in [4.78, 5) is 14.0. The fraction of sp³-hybridized carbons (Fsp3) is 0.923. The molecule has 0 aromatic rings. The van der Waals surface area contributed by atoms with Crippen molar-refractivity contribution in [1.29, 1.82) is 0 Å². The standard InChI is InChI=1S/C13H25N3O/c1-2-16-7-5-11(6-8-16)9-15-13(17)10-14-12-3-4-12/h11-12,14H,2-10H2,1H3,(H,15,17). The van der Waals surface area contributed by atoms with E-state index in [4.69, 9.17) is 0 Å². The summed E-state index contributed by atoms with van der Waals surface area (Å²) in [6, 6.07) is 0.619. The molecule has 1 amide bonds. The van der Waals surface area contributed by atoms with Gasteiger partial charge in [-0.05, 0) is 51.2 Å². The van der Waals surface area contributed by atoms with Gasteiger partial charge in [-0.1, -0.05) is 6.92 Å². The van der Waals surface area contributed by atoms with Crippen LogP contribution in [-0.4, -0.2) is 49.6 Å². The molecule has 1 saturated heterocycles. The molecule has 4 heteroatoms. The minimum Gasteiger partial charge on any atom is -0.355 e. The zero-order valence-electron chi connectivity index (χ0n) is 10.9. The first kappa shape index (κ1) is 12.8. The number of likely N-dealkylation sites (tertiary alicyclic amines) is 1. The fourth-order valence-corrected chi connectivity index (χ4v) is 2.35. The summed E-state index contributed by atoms with van der Waals surface area (Å²) in [5.41, 5.74) is 0. The third-order valence-electron chi connectivity index (χ3n) is 3.87. The van der Waals surface area contributed by atoms with Crippen molar-refractivity contribution in [1.82, 2.24) is 15.5 Å². The number of carbonyl (C=O) groups excluding carboxylic acids is 1. The first-order chi connectivity index (χ1) is 8.28. The first-order valence-corrected chi connectivity index (χ1v) is 7.00. The molecule has 98 valence electrons. The quantitative estimate of drug-likeness (QED) is 0.713. The van der Waals surface area contributed by atoms with Crippen LogP contribution in [0.3, 0.4) is 0 Å². The molecular weight excluding hydrogens is 214 g/mol. The largest absolute Gasteiger partial charge is 0.355 e. The van der Waals surface area contributed by atoms with Gasteiger partial charge in [0.1, 0.15) is 0 Å². The minimum atomic E-state index is 0.162. The van der Waals surface area contributed by atoms with Gasteiger partial charge in [0.15, 0.2) is 0 Å². The molecule has 2 N–H and O–H groups in total. The van der Waals surface area contributed by atoms with Crippen LogP contribution in [0.5, 0.6) is 0 Å². The molecule has 1 aliphatic heterocycles. The molecule has 0 radical (unpaired) electrons. The Bertz CT molecular complexity index is 245. The number of hydrogen-bond acceptors (Lipinski definition) is 3. The Morgan fingerprint density at radius 2 is 1.94 bits per heavy atom. The van der Waals surface area contributed by atoms with Crippen molar-refractivity contribution in [3.8, 4) is 0 Å². The molecule has 4 nitrogen and oxygen atoms in total. The Balaban J connectivity index is 1.53. The van der Waals surface area contributed by atoms with Crippen molar-refractivity contribution in [2.45, 2.75) is 38.6 Å². The number of rotatable bonds is 6. The second-order valence-corrected chi connectivity index (χ2v) is 5.34. The lowest BCUT2D eigenvalue weighted by atomic mass is 9.97. The molecule has 2 aliphatic rings. The van der Waals surface area contributed by atoms with Crippen LogP contribution in [0.25, 0.3) is 0 Å². The van der Waals surface area contributed by atoms with E-state index in [0.717, 1.165) is 13.1 Å². The summed E-state index contributed by atoms with van der Waals surface area (Å²) in [5, 5.41) is 6.29. The second kappa shape index (κ2) is 6.36. The van der Waals surface area contributed by atoms with Crippen molar-refractivity contribution in [3.63, 3.8) is 0 Å². The van der Waals surface area contributed by atoms with Crippen molar-refractivity contribution in [2.24, 2.45) is 5.92 Å². The average molecular weight is 239 g/mol. The third-order valence-corrected chi connectivity index (χ3v) is 3.87. The van der Waals surface area contributed by atoms with Gasteiger partial charge in [0.25, 0.3) is 0 Å². The molecule has 2 fully saturated rings. The zero-order chi connectivity index (χ0) is 12.1. The molecule has 1 aliphatic carbocycles. The van der Waals surface area contributed by atoms with Gasteiger partial charge in [0.05, 0.1) is 6.54 Å². The van der Waals surface area contributed by atoms with Crippen LogP contribution in [0.4, 0.5) is 0 Å². The highest BCUT2D eigenvalue weighted by atomic mass is 16.1. The summed E-state index contributed by atoms with van der Waals surface area (Å²) in [7, 11) is 0. The maximum atomic E-state index is 11.6. The first-order valence-electron chi connectivity index (χ1n) is 7.00. The molecule has 0 unspecified atom stereocenters. The van der Waals surface area contributed by atoms with Gasteiger partial charge in [0.2, 0.25) is 5.91 Å². The van der Waals surface area contributed by atoms with Crippen LogP contribution in [0.15, 0.2) is 0 Å². The monoisotopic (exact) mass is 239 g/mol. The Morgan fingerprint density at radius 1 is 1.24 bits per heavy atom. The molecule has 0 aromatic heterocycles. The number of nitrogens with one attached hydrogen (secondary N) is 2. The third kappa shape index (κ3) is 4.64. The van der Waals surface area contributed by atoms with Crippen LogP contribution >= 0.6 is 0 Å². The Kier molecular flexibility index (Phi) is 4.80. The number of nitrogens with zero attached hydrogens (tertiary/aromatic N) is 1. The molecule has 1 saturated carbocycles. The highest BCUT2D eigenvalue weighted by Crippen LogP contribution is 2.18. The number of carbonyl (C=O) groups is 1. The molecule has 17 heavy (non-hydrogen) atoms. The van der Waals surface area contributed by atoms with Gasteiger partial charge >= 0.3 is 0 Å². The number of piperidine rings is 1. The highest BCUT2D eigenvalue weighted by molar-refractivity contribution is 5.78. The Morgan fingerprint density at radius 3 is 2.53 bits per heavy atom. The summed E-state index contributed by atoms with van der Waals surface area (Å²) >= 11 is 0. The smallest absolute Gasteiger partial charge is 0.233 e. The van der Waals surface area contributed by atoms with Crippen LogP contribution in [0, 0.1) is 5.92 Å². The van der Waals surface area contributed by atoms with Gasteiger partial charge in [-0.3, -0.25) is 4.79 Å². The van der Waals surface area contributed by atoms with Gasteiger partial charge < -0.3 is 15.5 Å². The van der Waals surface area contributed by atoms with Crippen LogP contribution in [0.1, 0.15) is 32.6 Å². The Labute approximate surface area is 104 Å². The van der Waals surface area contributed by atoms with E-state index in [1.54, 1.807) is 0 Å². The van der Waals surface area contributed by atoms with Crippen LogP contribution in [-0.2, 0) is 4.79 Å². The van der Waals surface area contributed by atoms with Crippen molar-refractivity contribution in [3.05, 3.63) is 0 Å². The van der Waals surface area contributed by atoms with E-state index in [-0.39, 0.29) is 5.91 Å². The maximum absolute atomic E-state index is 11.6. The molecule has 0 atom stereocenters. The SMILES string of the molecule is CCN1CCC(CNC(=O)CNC2CC2)CC1. The lowest BCUT2D eigenvalue weighted by Crippen LogP contribution is -2.41. The average Bonchev–Trinajstić information content (AvgIpc) is 3.18. The van der Waals surface area contributed by atoms with Gasteiger partial charge in [-0.25, -0.2) is 0 Å². The van der Waals surface area contributed by atoms with Crippen molar-refractivity contribution in [2.75, 3.05) is 32.7 Å². The predicted octanol–water partition coefficient (Wildman–Crippen LogP) is 0.587. The second-order valence-electron chi connectivity index (χ2n) is 5.34. The van der Waals surface area contributed by atoms with Gasteiger partial charge in [-0.2, -0.15) is 0 Å². The van der Waals surface area contributed by atoms with Gasteiger partial charge in [-0.15, -0.1) is 0 Å². The van der Waals surface area contributed by atoms with Crippen molar-refractivity contribution < 1.29 is 4.79 Å². The summed E-state index contributed by atoms with van der Waals surface area (Å²) in [5.74, 6) is 0.845. The van der Waals surface area contributed by atoms with Gasteiger partial charge in [0, 0.05) is 12.6 Å². The summed E-state index contributed by atoms with van der Waals surface area (Å²) < 4.78 is 0. The van der Waals surface area contributed by atoms with E-state index < -0.39 is 0 Å². The van der Waals surface area contributed by atoms with E-state index in [0.29, 0.717) is 18.5 Å². The number of amides is 1. The molecule has 2 rings (SSSR count). The van der Waals surface area contributed by atoms with Crippen LogP contribution < -0.4 is 10.6 Å². The predicted molar refractivity (Wildman–Crippen MR) is 68.9 cm³/mol. The van der Waals surface area contributed by atoms with E-state index in [1.807, 2.05) is 0 Å². The van der Waals surface area contributed by atoms with E-state index in [1.165, 1.54) is 38.8 Å². The zero-order valence-corrected chi connectivity index (χ0v) is 10.9. The molecule has 1 heterocycles. The molecule has 0 aromatic carbocycles. The van der Waals surface area contributed by atoms with Crippen LogP contribution in [0.2, 0.25) is 0 Å². The van der Waals surface area contributed by atoms with Crippen molar-refractivity contribution >= 4 is 5.91 Å². The van der Waals surface area contributed by atoms with E-state index in [2.05, 4.69) is 22.5 Å². The normalized spacial score (nSPS) is 22.6. The minimum absolute atomic E-state index is 0.162. The highest BCUT2D eigenvalue weighted by Gasteiger charge is 2.22. The summed E-state index contributed by atoms with van der Waals surface area (Å²) in [6.07, 6.45) is 4.93. The fourth-order valence-electron chi connectivity index (χ4n) is 2.35. The lowest BCUT2D eigenvalue weighted by Gasteiger charge is -2.31. The molecular formula is C13H25N3O. The lowest BCUT2D eigenvalue weighted by molar-refractivity contribution is -0.120. The number of hydrogen-bond donors (Lipinski definition) is 2. The molecule has 0 bridgehead atoms. The van der Waals surface area contributed by atoms with E-state index in [9.17, 15) is 4.79 Å². The molecule has 0 spiro atoms. The topological polar surface area (TPSA) is 44.4 Å².